The zero-order valence-electron chi connectivity index (χ0n) is 10.6. The molecular formula is C15H23NS. The fourth-order valence-electron chi connectivity index (χ4n) is 2.56. The van der Waals surface area contributed by atoms with Crippen LogP contribution < -0.4 is 5.73 Å². The van der Waals surface area contributed by atoms with E-state index in [-0.39, 0.29) is 6.04 Å². The molecule has 94 valence electrons. The number of nitrogens with two attached hydrogens (primary N) is 1. The highest BCUT2D eigenvalue weighted by Crippen LogP contribution is 2.39. The number of hydrogen-bond donors (Lipinski definition) is 1. The van der Waals surface area contributed by atoms with Gasteiger partial charge in [0.1, 0.15) is 0 Å². The minimum absolute atomic E-state index is 0.226. The number of hydrogen-bond acceptors (Lipinski definition) is 2. The molecule has 0 spiro atoms. The second-order valence-electron chi connectivity index (χ2n) is 5.09. The van der Waals surface area contributed by atoms with Crippen LogP contribution in [-0.2, 0) is 0 Å². The van der Waals surface area contributed by atoms with Crippen LogP contribution >= 0.6 is 11.8 Å². The molecule has 1 saturated carbocycles. The average molecular weight is 249 g/mol. The molecule has 17 heavy (non-hydrogen) atoms. The van der Waals surface area contributed by atoms with Gasteiger partial charge in [0.05, 0.1) is 0 Å². The summed E-state index contributed by atoms with van der Waals surface area (Å²) in [5, 5.41) is 1.28. The molecule has 2 rings (SSSR count). The van der Waals surface area contributed by atoms with Gasteiger partial charge in [-0.05, 0) is 25.3 Å². The van der Waals surface area contributed by atoms with E-state index in [1.165, 1.54) is 37.7 Å². The van der Waals surface area contributed by atoms with Crippen LogP contribution in [0.2, 0.25) is 0 Å². The molecule has 0 bridgehead atoms. The van der Waals surface area contributed by atoms with Crippen LogP contribution in [0.15, 0.2) is 30.3 Å². The van der Waals surface area contributed by atoms with Crippen LogP contribution in [-0.4, -0.2) is 11.3 Å². The second-order valence-corrected chi connectivity index (χ2v) is 6.53. The van der Waals surface area contributed by atoms with Gasteiger partial charge in [-0.15, -0.1) is 11.8 Å². The Morgan fingerprint density at radius 1 is 1.12 bits per heavy atom. The highest BCUT2D eigenvalue weighted by atomic mass is 32.2. The van der Waals surface area contributed by atoms with Crippen LogP contribution in [0.25, 0.3) is 0 Å². The smallest absolute Gasteiger partial charge is 0.0448 e. The van der Waals surface area contributed by atoms with Gasteiger partial charge >= 0.3 is 0 Å². The topological polar surface area (TPSA) is 26.0 Å². The predicted octanol–water partition coefficient (Wildman–Crippen LogP) is 4.14. The first-order valence-electron chi connectivity index (χ1n) is 6.73. The Labute approximate surface area is 109 Å². The van der Waals surface area contributed by atoms with Crippen molar-refractivity contribution in [2.45, 2.75) is 55.6 Å². The van der Waals surface area contributed by atoms with Crippen molar-refractivity contribution in [3.63, 3.8) is 0 Å². The predicted molar refractivity (Wildman–Crippen MR) is 77.3 cm³/mol. The molecule has 1 nitrogen and oxygen atoms in total. The molecule has 0 amide bonds. The minimum Gasteiger partial charge on any atom is -0.327 e. The van der Waals surface area contributed by atoms with Crippen LogP contribution in [0.1, 0.15) is 49.8 Å². The summed E-state index contributed by atoms with van der Waals surface area (Å²) in [6.07, 6.45) is 6.98. The summed E-state index contributed by atoms with van der Waals surface area (Å²) in [4.78, 5) is 0. The van der Waals surface area contributed by atoms with Gasteiger partial charge in [-0.3, -0.25) is 0 Å². The lowest BCUT2D eigenvalue weighted by atomic mass is 10.0. The average Bonchev–Trinajstić information content (AvgIpc) is 2.38. The summed E-state index contributed by atoms with van der Waals surface area (Å²) in [5.41, 5.74) is 7.55. The van der Waals surface area contributed by atoms with E-state index in [2.05, 4.69) is 49.0 Å². The molecule has 2 unspecified atom stereocenters. The van der Waals surface area contributed by atoms with Gasteiger partial charge in [-0.2, -0.15) is 0 Å². The Hall–Kier alpha value is -0.470. The Kier molecular flexibility index (Phi) is 4.93. The monoisotopic (exact) mass is 249 g/mol. The summed E-state index contributed by atoms with van der Waals surface area (Å²) in [7, 11) is 0. The first-order valence-corrected chi connectivity index (χ1v) is 7.67. The fourth-order valence-corrected chi connectivity index (χ4v) is 4.14. The Balaban J connectivity index is 2.02. The summed E-state index contributed by atoms with van der Waals surface area (Å²) >= 11 is 2.10. The van der Waals surface area contributed by atoms with E-state index in [0.717, 1.165) is 5.25 Å². The normalized spacial score (nSPS) is 21.1. The van der Waals surface area contributed by atoms with Crippen LogP contribution in [0.5, 0.6) is 0 Å². The Bertz CT molecular complexity index is 317. The molecule has 1 fully saturated rings. The van der Waals surface area contributed by atoms with Crippen molar-refractivity contribution in [3.05, 3.63) is 35.9 Å². The molecule has 1 aromatic rings. The van der Waals surface area contributed by atoms with Crippen molar-refractivity contribution in [2.24, 2.45) is 5.73 Å². The fraction of sp³-hybridized carbons (Fsp3) is 0.600. The maximum Gasteiger partial charge on any atom is 0.0448 e. The number of rotatable bonds is 4. The lowest BCUT2D eigenvalue weighted by Gasteiger charge is -2.28. The largest absolute Gasteiger partial charge is 0.327 e. The summed E-state index contributed by atoms with van der Waals surface area (Å²) in [6, 6.07) is 11.0. The molecule has 0 aliphatic heterocycles. The van der Waals surface area contributed by atoms with E-state index in [1.807, 2.05) is 0 Å². The zero-order chi connectivity index (χ0) is 12.1. The maximum absolute atomic E-state index is 6.17. The van der Waals surface area contributed by atoms with Crippen molar-refractivity contribution in [1.29, 1.82) is 0 Å². The molecule has 2 atom stereocenters. The van der Waals surface area contributed by atoms with Gasteiger partial charge in [0, 0.05) is 16.5 Å². The molecule has 2 heteroatoms. The van der Waals surface area contributed by atoms with Gasteiger partial charge in [0.25, 0.3) is 0 Å². The molecule has 0 aromatic heterocycles. The van der Waals surface area contributed by atoms with E-state index < -0.39 is 0 Å². The Morgan fingerprint density at radius 3 is 2.35 bits per heavy atom. The molecule has 0 saturated heterocycles. The van der Waals surface area contributed by atoms with E-state index >= 15 is 0 Å². The quantitative estimate of drug-likeness (QED) is 0.868. The van der Waals surface area contributed by atoms with Gasteiger partial charge in [-0.1, -0.05) is 49.6 Å². The highest BCUT2D eigenvalue weighted by molar-refractivity contribution is 8.00. The van der Waals surface area contributed by atoms with Crippen LogP contribution in [0.3, 0.4) is 0 Å². The first kappa shape index (κ1) is 13.0. The zero-order valence-corrected chi connectivity index (χ0v) is 11.5. The van der Waals surface area contributed by atoms with Crippen molar-refractivity contribution in [2.75, 3.05) is 0 Å². The van der Waals surface area contributed by atoms with Crippen molar-refractivity contribution in [1.82, 2.24) is 0 Å². The lowest BCUT2D eigenvalue weighted by Crippen LogP contribution is -2.25. The summed E-state index contributed by atoms with van der Waals surface area (Å²) < 4.78 is 0. The third-order valence-electron chi connectivity index (χ3n) is 3.50. The van der Waals surface area contributed by atoms with Crippen LogP contribution in [0, 0.1) is 0 Å². The van der Waals surface area contributed by atoms with Crippen molar-refractivity contribution in [3.8, 4) is 0 Å². The molecule has 0 heterocycles. The van der Waals surface area contributed by atoms with Gasteiger partial charge in [0.2, 0.25) is 0 Å². The molecule has 2 N–H and O–H groups in total. The molecule has 1 aliphatic carbocycles. The molecular weight excluding hydrogens is 226 g/mol. The van der Waals surface area contributed by atoms with E-state index in [9.17, 15) is 0 Å². The molecule has 1 aromatic carbocycles. The maximum atomic E-state index is 6.17. The van der Waals surface area contributed by atoms with Gasteiger partial charge in [-0.25, -0.2) is 0 Å². The van der Waals surface area contributed by atoms with E-state index in [0.29, 0.717) is 5.25 Å². The first-order chi connectivity index (χ1) is 8.27. The third-order valence-corrected chi connectivity index (χ3v) is 5.35. The SMILES string of the molecule is CC(N)C(SC1CCCCC1)c1ccccc1. The second kappa shape index (κ2) is 6.46. The van der Waals surface area contributed by atoms with Gasteiger partial charge < -0.3 is 5.73 Å². The molecule has 1 aliphatic rings. The standard InChI is InChI=1S/C15H23NS/c1-12(16)15(13-8-4-2-5-9-13)17-14-10-6-3-7-11-14/h2,4-5,8-9,12,14-15H,3,6-7,10-11,16H2,1H3. The van der Waals surface area contributed by atoms with Crippen LogP contribution in [0.4, 0.5) is 0 Å². The highest BCUT2D eigenvalue weighted by Gasteiger charge is 2.23. The minimum atomic E-state index is 0.226. The molecule has 0 radical (unpaired) electrons. The number of benzene rings is 1. The number of thioether (sulfide) groups is 1. The van der Waals surface area contributed by atoms with E-state index in [4.69, 9.17) is 5.73 Å². The summed E-state index contributed by atoms with van der Waals surface area (Å²) in [5.74, 6) is 0. The third kappa shape index (κ3) is 3.75. The van der Waals surface area contributed by atoms with Crippen molar-refractivity contribution < 1.29 is 0 Å². The van der Waals surface area contributed by atoms with Gasteiger partial charge in [0.15, 0.2) is 0 Å². The van der Waals surface area contributed by atoms with E-state index in [1.54, 1.807) is 0 Å². The summed E-state index contributed by atoms with van der Waals surface area (Å²) in [6.45, 7) is 2.13. The van der Waals surface area contributed by atoms with Crippen molar-refractivity contribution >= 4 is 11.8 Å². The lowest BCUT2D eigenvalue weighted by molar-refractivity contribution is 0.513. The Morgan fingerprint density at radius 2 is 1.76 bits per heavy atom.